The summed E-state index contributed by atoms with van der Waals surface area (Å²) in [5.74, 6) is 2.16. The summed E-state index contributed by atoms with van der Waals surface area (Å²) in [4.78, 5) is 16.6. The van der Waals surface area contributed by atoms with Crippen LogP contribution in [-0.4, -0.2) is 45.5 Å². The number of ketones is 1. The maximum absolute atomic E-state index is 13.3. The minimum Gasteiger partial charge on any atom is -0.493 e. The predicted octanol–water partition coefficient (Wildman–Crippen LogP) is 5.97. The van der Waals surface area contributed by atoms with Crippen LogP contribution in [0.2, 0.25) is 0 Å². The zero-order chi connectivity index (χ0) is 25.1. The number of thioether (sulfide) groups is 1. The van der Waals surface area contributed by atoms with Crippen LogP contribution in [0.3, 0.4) is 0 Å². The minimum atomic E-state index is 0.0302. The first-order valence-electron chi connectivity index (χ1n) is 11.6. The normalized spacial score (nSPS) is 11.1. The average Bonchev–Trinajstić information content (AvgIpc) is 3.56. The molecule has 0 radical (unpaired) electrons. The molecule has 1 N–H and O–H groups in total. The maximum Gasteiger partial charge on any atom is 0.196 e. The second kappa shape index (κ2) is 10.3. The third-order valence-electron chi connectivity index (χ3n) is 6.11. The number of hydrogen-bond acceptors (Lipinski definition) is 6. The van der Waals surface area contributed by atoms with Crippen molar-refractivity contribution < 1.29 is 14.3 Å². The standard InChI is InChI=1S/C28H26N4O3S/c1-4-18-11-8-12-21-22(16-29-26(18)21)23(33)17-36-28-31-30-27(19-9-6-5-7-10-19)32(28)20-13-14-24(34-2)25(15-20)35-3/h5-16,29H,4,17H2,1-3H3. The summed E-state index contributed by atoms with van der Waals surface area (Å²) < 4.78 is 12.9. The lowest BCUT2D eigenvalue weighted by atomic mass is 10.1. The van der Waals surface area contributed by atoms with Gasteiger partial charge in [0.1, 0.15) is 0 Å². The van der Waals surface area contributed by atoms with Crippen LogP contribution in [0.25, 0.3) is 28.0 Å². The molecule has 2 heterocycles. The number of aromatic nitrogens is 4. The minimum absolute atomic E-state index is 0.0302. The fraction of sp³-hybridized carbons (Fsp3) is 0.179. The molecule has 2 aromatic heterocycles. The second-order valence-electron chi connectivity index (χ2n) is 8.15. The number of benzene rings is 3. The largest absolute Gasteiger partial charge is 0.493 e. The van der Waals surface area contributed by atoms with Crippen LogP contribution in [0.4, 0.5) is 0 Å². The Kier molecular flexibility index (Phi) is 6.77. The summed E-state index contributed by atoms with van der Waals surface area (Å²) in [6, 6.07) is 21.6. The van der Waals surface area contributed by atoms with Crippen LogP contribution >= 0.6 is 11.8 Å². The molecule has 8 heteroatoms. The fourth-order valence-electron chi connectivity index (χ4n) is 4.28. The smallest absolute Gasteiger partial charge is 0.196 e. The molecule has 0 atom stereocenters. The molecule has 0 fully saturated rings. The van der Waals surface area contributed by atoms with E-state index in [9.17, 15) is 4.79 Å². The quantitative estimate of drug-likeness (QED) is 0.199. The van der Waals surface area contributed by atoms with E-state index in [1.54, 1.807) is 20.4 Å². The van der Waals surface area contributed by atoms with Gasteiger partial charge in [0, 0.05) is 34.3 Å². The van der Waals surface area contributed by atoms with Crippen molar-refractivity contribution in [2.45, 2.75) is 18.5 Å². The highest BCUT2D eigenvalue weighted by molar-refractivity contribution is 7.99. The lowest BCUT2D eigenvalue weighted by molar-refractivity contribution is 0.102. The Labute approximate surface area is 213 Å². The molecule has 0 saturated carbocycles. The molecule has 0 unspecified atom stereocenters. The van der Waals surface area contributed by atoms with Crippen LogP contribution in [0.15, 0.2) is 78.1 Å². The molecule has 36 heavy (non-hydrogen) atoms. The molecule has 0 saturated heterocycles. The SMILES string of the molecule is CCc1cccc2c(C(=O)CSc3nnc(-c4ccccc4)n3-c3ccc(OC)c(OC)c3)c[nH]c12. The Hall–Kier alpha value is -4.04. The molecule has 0 aliphatic carbocycles. The number of methoxy groups -OCH3 is 2. The number of rotatable bonds is 9. The fourth-order valence-corrected chi connectivity index (χ4v) is 5.12. The molecule has 182 valence electrons. The summed E-state index contributed by atoms with van der Waals surface area (Å²) in [5.41, 5.74) is 4.63. The van der Waals surface area contributed by atoms with E-state index < -0.39 is 0 Å². The van der Waals surface area contributed by atoms with E-state index in [0.717, 1.165) is 28.6 Å². The van der Waals surface area contributed by atoms with Gasteiger partial charge in [0.25, 0.3) is 0 Å². The van der Waals surface area contributed by atoms with Crippen LogP contribution in [-0.2, 0) is 6.42 Å². The Morgan fingerprint density at radius 2 is 1.78 bits per heavy atom. The average molecular weight is 499 g/mol. The van der Waals surface area contributed by atoms with E-state index >= 15 is 0 Å². The van der Waals surface area contributed by atoms with Gasteiger partial charge >= 0.3 is 0 Å². The van der Waals surface area contributed by atoms with Gasteiger partial charge in [-0.2, -0.15) is 0 Å². The number of aromatic amines is 1. The number of nitrogens with one attached hydrogen (secondary N) is 1. The van der Waals surface area contributed by atoms with E-state index in [1.165, 1.54) is 17.3 Å². The van der Waals surface area contributed by atoms with E-state index in [2.05, 4.69) is 28.2 Å². The zero-order valence-corrected chi connectivity index (χ0v) is 21.1. The number of aryl methyl sites for hydroxylation is 1. The van der Waals surface area contributed by atoms with Gasteiger partial charge in [0.15, 0.2) is 28.3 Å². The molecule has 3 aromatic carbocycles. The number of carbonyl (C=O) groups excluding carboxylic acids is 1. The number of ether oxygens (including phenoxy) is 2. The van der Waals surface area contributed by atoms with Crippen LogP contribution in [0.5, 0.6) is 11.5 Å². The van der Waals surface area contributed by atoms with Gasteiger partial charge in [-0.3, -0.25) is 9.36 Å². The summed E-state index contributed by atoms with van der Waals surface area (Å²) in [5, 5.41) is 10.5. The van der Waals surface area contributed by atoms with Crippen molar-refractivity contribution in [2.24, 2.45) is 0 Å². The van der Waals surface area contributed by atoms with E-state index in [4.69, 9.17) is 9.47 Å². The number of carbonyl (C=O) groups is 1. The second-order valence-corrected chi connectivity index (χ2v) is 9.10. The van der Waals surface area contributed by atoms with Crippen LogP contribution in [0, 0.1) is 0 Å². The van der Waals surface area contributed by atoms with Gasteiger partial charge in [-0.15, -0.1) is 10.2 Å². The number of hydrogen-bond donors (Lipinski definition) is 1. The molecule has 0 aliphatic heterocycles. The van der Waals surface area contributed by atoms with Crippen molar-refractivity contribution in [3.8, 4) is 28.6 Å². The molecule has 0 spiro atoms. The topological polar surface area (TPSA) is 82.0 Å². The van der Waals surface area contributed by atoms with Crippen molar-refractivity contribution in [3.63, 3.8) is 0 Å². The van der Waals surface area contributed by atoms with Crippen LogP contribution in [0.1, 0.15) is 22.8 Å². The Balaban J connectivity index is 1.50. The Morgan fingerprint density at radius 1 is 0.972 bits per heavy atom. The summed E-state index contributed by atoms with van der Waals surface area (Å²) in [7, 11) is 3.21. The maximum atomic E-state index is 13.3. The first-order valence-corrected chi connectivity index (χ1v) is 12.6. The highest BCUT2D eigenvalue weighted by Crippen LogP contribution is 2.34. The highest BCUT2D eigenvalue weighted by atomic mass is 32.2. The number of fused-ring (bicyclic) bond motifs is 1. The molecule has 5 rings (SSSR count). The van der Waals surface area contributed by atoms with Gasteiger partial charge in [-0.05, 0) is 24.1 Å². The Bertz CT molecular complexity index is 1520. The van der Waals surface area contributed by atoms with Gasteiger partial charge in [-0.25, -0.2) is 0 Å². The molecule has 7 nitrogen and oxygen atoms in total. The molecule has 5 aromatic rings. The molecule has 0 bridgehead atoms. The third kappa shape index (κ3) is 4.35. The van der Waals surface area contributed by atoms with Crippen molar-refractivity contribution in [2.75, 3.05) is 20.0 Å². The number of nitrogens with zero attached hydrogens (tertiary/aromatic N) is 3. The molecular formula is C28H26N4O3S. The van der Waals surface area contributed by atoms with Crippen LogP contribution < -0.4 is 9.47 Å². The van der Waals surface area contributed by atoms with Crippen molar-refractivity contribution in [1.29, 1.82) is 0 Å². The molecule has 0 amide bonds. The highest BCUT2D eigenvalue weighted by Gasteiger charge is 2.20. The predicted molar refractivity (Wildman–Crippen MR) is 143 cm³/mol. The zero-order valence-electron chi connectivity index (χ0n) is 20.3. The lowest BCUT2D eigenvalue weighted by Gasteiger charge is -2.13. The molecule has 0 aliphatic rings. The van der Waals surface area contributed by atoms with Crippen molar-refractivity contribution >= 4 is 28.4 Å². The Morgan fingerprint density at radius 3 is 2.53 bits per heavy atom. The number of para-hydroxylation sites is 1. The van der Waals surface area contributed by atoms with Gasteiger partial charge in [0.05, 0.1) is 25.7 Å². The number of Topliss-reactive ketones (excluding diaryl/α,β-unsaturated/α-hetero) is 1. The number of H-pyrrole nitrogens is 1. The first-order chi connectivity index (χ1) is 17.6. The summed E-state index contributed by atoms with van der Waals surface area (Å²) >= 11 is 1.36. The van der Waals surface area contributed by atoms with Crippen molar-refractivity contribution in [1.82, 2.24) is 19.7 Å². The summed E-state index contributed by atoms with van der Waals surface area (Å²) in [6.45, 7) is 2.11. The van der Waals surface area contributed by atoms with Crippen molar-refractivity contribution in [3.05, 3.63) is 84.1 Å². The first kappa shape index (κ1) is 23.7. The summed E-state index contributed by atoms with van der Waals surface area (Å²) in [6.07, 6.45) is 2.71. The lowest BCUT2D eigenvalue weighted by Crippen LogP contribution is -2.05. The molecular weight excluding hydrogens is 472 g/mol. The van der Waals surface area contributed by atoms with Gasteiger partial charge in [-0.1, -0.05) is 67.2 Å². The van der Waals surface area contributed by atoms with E-state index in [-0.39, 0.29) is 11.5 Å². The third-order valence-corrected chi connectivity index (χ3v) is 7.04. The van der Waals surface area contributed by atoms with E-state index in [1.807, 2.05) is 65.2 Å². The van der Waals surface area contributed by atoms with Gasteiger partial charge in [0.2, 0.25) is 0 Å². The van der Waals surface area contributed by atoms with Gasteiger partial charge < -0.3 is 14.5 Å². The monoisotopic (exact) mass is 498 g/mol. The van der Waals surface area contributed by atoms with E-state index in [0.29, 0.717) is 28.0 Å².